The first-order valence-corrected chi connectivity index (χ1v) is 14.5. The van der Waals surface area contributed by atoms with E-state index in [0.717, 1.165) is 44.4 Å². The standard InChI is InChI=1S/C28H15FN3O.C11H8N.Ir/c29-21-15-14-20(26-25(21)19-11-5-7-13-24(19)33-26)27-31-23-16-17-8-4-6-12-22(17)30-28(23)32(27)18-9-2-1-3-10-18;1-2-6-10(7-3-1)11-8-4-5-9-12-11;/h1-13,15-16H;1-6,8-9H;/q2*-1;. The molecule has 0 fully saturated rings. The fraction of sp³-hybridized carbons (Fsp3) is 0. The number of rotatable bonds is 3. The molecule has 9 rings (SSSR count). The number of hydrogen-bond donors (Lipinski definition) is 0. The number of furan rings is 1. The molecular weight excluding hydrogens is 752 g/mol. The van der Waals surface area contributed by atoms with E-state index in [2.05, 4.69) is 17.1 Å². The minimum absolute atomic E-state index is 0. The Labute approximate surface area is 277 Å². The van der Waals surface area contributed by atoms with Crippen molar-refractivity contribution in [3.8, 4) is 28.3 Å². The second kappa shape index (κ2) is 12.5. The van der Waals surface area contributed by atoms with E-state index in [-0.39, 0.29) is 25.9 Å². The van der Waals surface area contributed by atoms with Gasteiger partial charge in [0.05, 0.1) is 22.4 Å². The second-order valence-corrected chi connectivity index (χ2v) is 10.4. The van der Waals surface area contributed by atoms with Crippen LogP contribution in [0.1, 0.15) is 0 Å². The summed E-state index contributed by atoms with van der Waals surface area (Å²) in [6.45, 7) is 0. The summed E-state index contributed by atoms with van der Waals surface area (Å²) in [6, 6.07) is 48.6. The predicted molar refractivity (Wildman–Crippen MR) is 176 cm³/mol. The third-order valence-corrected chi connectivity index (χ3v) is 7.63. The minimum Gasteiger partial charge on any atom is -0.500 e. The van der Waals surface area contributed by atoms with Gasteiger partial charge in [-0.05, 0) is 47.5 Å². The number of halogens is 1. The summed E-state index contributed by atoms with van der Waals surface area (Å²) in [5.74, 6) is 0.230. The van der Waals surface area contributed by atoms with Gasteiger partial charge in [0.2, 0.25) is 0 Å². The van der Waals surface area contributed by atoms with Crippen LogP contribution in [0.5, 0.6) is 0 Å². The first-order chi connectivity index (χ1) is 22.2. The van der Waals surface area contributed by atoms with Crippen LogP contribution in [0.3, 0.4) is 0 Å². The fourth-order valence-corrected chi connectivity index (χ4v) is 5.57. The average molecular weight is 775 g/mol. The molecule has 5 aromatic carbocycles. The van der Waals surface area contributed by atoms with Crippen molar-refractivity contribution in [3.63, 3.8) is 0 Å². The third kappa shape index (κ3) is 5.26. The van der Waals surface area contributed by atoms with Gasteiger partial charge < -0.3 is 14.0 Å². The number of imidazole rings is 1. The first-order valence-electron chi connectivity index (χ1n) is 14.5. The van der Waals surface area contributed by atoms with Crippen LogP contribution in [0.4, 0.5) is 4.39 Å². The molecule has 0 atom stereocenters. The van der Waals surface area contributed by atoms with E-state index in [1.54, 1.807) is 6.20 Å². The van der Waals surface area contributed by atoms with E-state index in [1.165, 1.54) is 6.07 Å². The van der Waals surface area contributed by atoms with Gasteiger partial charge >= 0.3 is 0 Å². The van der Waals surface area contributed by atoms with E-state index in [4.69, 9.17) is 14.4 Å². The fourth-order valence-electron chi connectivity index (χ4n) is 5.57. The zero-order chi connectivity index (χ0) is 30.2. The molecule has 0 aliphatic rings. The molecule has 0 saturated heterocycles. The third-order valence-electron chi connectivity index (χ3n) is 7.63. The van der Waals surface area contributed by atoms with Crippen LogP contribution >= 0.6 is 0 Å². The Hall–Kier alpha value is -5.49. The van der Waals surface area contributed by atoms with Gasteiger partial charge in [0.25, 0.3) is 0 Å². The van der Waals surface area contributed by atoms with Crippen molar-refractivity contribution in [2.24, 2.45) is 0 Å². The Morgan fingerprint density at radius 1 is 0.717 bits per heavy atom. The molecular formula is C39H23FIrN4O-2. The maximum Gasteiger partial charge on any atom is 0.156 e. The summed E-state index contributed by atoms with van der Waals surface area (Å²) < 4.78 is 23.1. The van der Waals surface area contributed by atoms with Gasteiger partial charge in [-0.15, -0.1) is 48.0 Å². The Morgan fingerprint density at radius 3 is 2.33 bits per heavy atom. The molecule has 4 aromatic heterocycles. The van der Waals surface area contributed by atoms with E-state index < -0.39 is 0 Å². The Morgan fingerprint density at radius 2 is 1.50 bits per heavy atom. The van der Waals surface area contributed by atoms with Gasteiger partial charge in [-0.1, -0.05) is 72.3 Å². The average Bonchev–Trinajstić information content (AvgIpc) is 3.68. The Kier molecular flexibility index (Phi) is 7.93. The summed E-state index contributed by atoms with van der Waals surface area (Å²) in [5, 5.41) is 2.17. The number of aromatic nitrogens is 4. The second-order valence-electron chi connectivity index (χ2n) is 10.4. The van der Waals surface area contributed by atoms with Crippen molar-refractivity contribution in [1.82, 2.24) is 19.5 Å². The number of hydrogen-bond acceptors (Lipinski definition) is 4. The largest absolute Gasteiger partial charge is 0.500 e. The van der Waals surface area contributed by atoms with Crippen molar-refractivity contribution >= 4 is 44.0 Å². The van der Waals surface area contributed by atoms with Gasteiger partial charge in [-0.25, -0.2) is 4.98 Å². The van der Waals surface area contributed by atoms with Crippen molar-refractivity contribution in [2.75, 3.05) is 0 Å². The van der Waals surface area contributed by atoms with Gasteiger partial charge in [0.15, 0.2) is 5.65 Å². The molecule has 223 valence electrons. The molecule has 0 bridgehead atoms. The van der Waals surface area contributed by atoms with E-state index in [0.29, 0.717) is 27.9 Å². The normalized spacial score (nSPS) is 11.0. The molecule has 46 heavy (non-hydrogen) atoms. The molecule has 9 aromatic rings. The number of fused-ring (bicyclic) bond motifs is 5. The molecule has 0 N–H and O–H groups in total. The summed E-state index contributed by atoms with van der Waals surface area (Å²) >= 11 is 0. The zero-order valence-corrected chi connectivity index (χ0v) is 26.6. The maximum absolute atomic E-state index is 14.9. The van der Waals surface area contributed by atoms with Crippen molar-refractivity contribution < 1.29 is 28.9 Å². The molecule has 4 heterocycles. The smallest absolute Gasteiger partial charge is 0.156 e. The molecule has 0 spiro atoms. The zero-order valence-electron chi connectivity index (χ0n) is 24.2. The first kappa shape index (κ1) is 29.2. The quantitative estimate of drug-likeness (QED) is 0.168. The number of nitrogens with zero attached hydrogens (tertiary/aromatic N) is 4. The van der Waals surface area contributed by atoms with E-state index in [9.17, 15) is 4.39 Å². The monoisotopic (exact) mass is 775 g/mol. The van der Waals surface area contributed by atoms with Crippen molar-refractivity contribution in [1.29, 1.82) is 0 Å². The van der Waals surface area contributed by atoms with Crippen LogP contribution in [0, 0.1) is 17.9 Å². The van der Waals surface area contributed by atoms with Crippen LogP contribution in [0.25, 0.3) is 72.3 Å². The molecule has 0 unspecified atom stereocenters. The van der Waals surface area contributed by atoms with Crippen LogP contribution in [-0.4, -0.2) is 19.5 Å². The minimum atomic E-state index is -0.370. The molecule has 0 aliphatic carbocycles. The number of para-hydroxylation sites is 3. The van der Waals surface area contributed by atoms with Gasteiger partial charge in [-0.2, -0.15) is 0 Å². The van der Waals surface area contributed by atoms with Crippen LogP contribution in [-0.2, 0) is 20.1 Å². The van der Waals surface area contributed by atoms with Crippen molar-refractivity contribution in [3.05, 3.63) is 158 Å². The van der Waals surface area contributed by atoms with E-state index >= 15 is 0 Å². The van der Waals surface area contributed by atoms with Gasteiger partial charge in [0.1, 0.15) is 5.58 Å². The van der Waals surface area contributed by atoms with Crippen LogP contribution in [0.2, 0.25) is 0 Å². The van der Waals surface area contributed by atoms with Crippen molar-refractivity contribution in [2.45, 2.75) is 0 Å². The van der Waals surface area contributed by atoms with E-state index in [1.807, 2.05) is 132 Å². The number of benzene rings is 5. The Bertz CT molecular complexity index is 2410. The summed E-state index contributed by atoms with van der Waals surface area (Å²) in [5.41, 5.74) is 6.90. The SMILES string of the molecule is Fc1c[c-]c(-c2nc3cc4ccccc4nc3n2-c2ccccc2)c2oc3ccccc3c12.[Ir].[c-]1ccccc1-c1ccccn1. The summed E-state index contributed by atoms with van der Waals surface area (Å²) in [7, 11) is 0. The topological polar surface area (TPSA) is 56.7 Å². The van der Waals surface area contributed by atoms with Gasteiger partial charge in [-0.3, -0.25) is 9.37 Å². The molecule has 0 aliphatic heterocycles. The molecule has 0 saturated carbocycles. The molecule has 0 amide bonds. The Balaban J connectivity index is 0.000000220. The predicted octanol–water partition coefficient (Wildman–Crippen LogP) is 9.63. The maximum atomic E-state index is 14.9. The molecule has 5 nitrogen and oxygen atoms in total. The number of pyridine rings is 2. The molecule has 1 radical (unpaired) electrons. The molecule has 7 heteroatoms. The summed E-state index contributed by atoms with van der Waals surface area (Å²) in [6.07, 6.45) is 1.79. The van der Waals surface area contributed by atoms with Crippen LogP contribution in [0.15, 0.2) is 144 Å². The summed E-state index contributed by atoms with van der Waals surface area (Å²) in [4.78, 5) is 14.1. The van der Waals surface area contributed by atoms with Gasteiger partial charge in [0, 0.05) is 48.6 Å². The van der Waals surface area contributed by atoms with Crippen LogP contribution < -0.4 is 0 Å².